The SMILES string of the molecule is CC1CCCC(CO)(NS(=O)(=O)c2cn[nH]c2N)C1. The lowest BCUT2D eigenvalue weighted by Crippen LogP contribution is -2.53. The topological polar surface area (TPSA) is 121 Å². The van der Waals surface area contributed by atoms with Gasteiger partial charge < -0.3 is 10.8 Å². The van der Waals surface area contributed by atoms with Gasteiger partial charge in [-0.2, -0.15) is 5.10 Å². The number of anilines is 1. The number of hydrogen-bond acceptors (Lipinski definition) is 5. The molecular formula is C11H20N4O3S. The van der Waals surface area contributed by atoms with E-state index in [1.165, 1.54) is 6.20 Å². The van der Waals surface area contributed by atoms with Gasteiger partial charge in [-0.15, -0.1) is 0 Å². The predicted octanol–water partition coefficient (Wildman–Crippen LogP) is 0.211. The Labute approximate surface area is 112 Å². The number of rotatable bonds is 4. The number of aromatic amines is 1. The molecule has 7 nitrogen and oxygen atoms in total. The third-order valence-corrected chi connectivity index (χ3v) is 5.27. The van der Waals surface area contributed by atoms with E-state index in [0.717, 1.165) is 12.8 Å². The highest BCUT2D eigenvalue weighted by molar-refractivity contribution is 7.89. The van der Waals surface area contributed by atoms with Gasteiger partial charge in [0, 0.05) is 0 Å². The second-order valence-electron chi connectivity index (χ2n) is 5.39. The molecule has 0 aromatic carbocycles. The van der Waals surface area contributed by atoms with Crippen molar-refractivity contribution in [2.45, 2.75) is 43.0 Å². The van der Waals surface area contributed by atoms with Crippen LogP contribution in [0.5, 0.6) is 0 Å². The van der Waals surface area contributed by atoms with Crippen LogP contribution in [0.1, 0.15) is 32.6 Å². The van der Waals surface area contributed by atoms with Crippen molar-refractivity contribution >= 4 is 15.8 Å². The Morgan fingerprint density at radius 3 is 2.95 bits per heavy atom. The average Bonchev–Trinajstić information content (AvgIpc) is 2.75. The number of sulfonamides is 1. The van der Waals surface area contributed by atoms with Gasteiger partial charge in [0.25, 0.3) is 0 Å². The number of H-pyrrole nitrogens is 1. The molecule has 5 N–H and O–H groups in total. The molecule has 1 saturated carbocycles. The van der Waals surface area contributed by atoms with Crippen LogP contribution in [0.3, 0.4) is 0 Å². The van der Waals surface area contributed by atoms with E-state index in [-0.39, 0.29) is 17.3 Å². The standard InChI is InChI=1S/C11H20N4O3S/c1-8-3-2-4-11(5-8,7-16)15-19(17,18)9-6-13-14-10(9)12/h6,8,15-16H,2-5,7H2,1H3,(H3,12,13,14). The zero-order valence-corrected chi connectivity index (χ0v) is 11.7. The maximum atomic E-state index is 12.3. The first-order chi connectivity index (χ1) is 8.88. The Bertz CT molecular complexity index is 542. The molecule has 108 valence electrons. The van der Waals surface area contributed by atoms with Crippen molar-refractivity contribution in [2.75, 3.05) is 12.3 Å². The first kappa shape index (κ1) is 14.3. The number of hydrogen-bond donors (Lipinski definition) is 4. The zero-order chi connectivity index (χ0) is 14.1. The fourth-order valence-corrected chi connectivity index (χ4v) is 4.22. The van der Waals surface area contributed by atoms with Crippen LogP contribution in [-0.2, 0) is 10.0 Å². The molecule has 1 aromatic rings. The first-order valence-electron chi connectivity index (χ1n) is 6.32. The minimum atomic E-state index is -3.77. The molecule has 0 bridgehead atoms. The van der Waals surface area contributed by atoms with Gasteiger partial charge >= 0.3 is 0 Å². The molecule has 0 radical (unpaired) electrons. The molecule has 2 rings (SSSR count). The number of nitrogens with zero attached hydrogens (tertiary/aromatic N) is 1. The summed E-state index contributed by atoms with van der Waals surface area (Å²) < 4.78 is 27.2. The van der Waals surface area contributed by atoms with Gasteiger partial charge in [0.05, 0.1) is 18.3 Å². The monoisotopic (exact) mass is 288 g/mol. The van der Waals surface area contributed by atoms with E-state index in [4.69, 9.17) is 5.73 Å². The zero-order valence-electron chi connectivity index (χ0n) is 10.9. The molecule has 19 heavy (non-hydrogen) atoms. The third-order valence-electron chi connectivity index (χ3n) is 3.67. The van der Waals surface area contributed by atoms with Crippen molar-refractivity contribution < 1.29 is 13.5 Å². The summed E-state index contributed by atoms with van der Waals surface area (Å²) in [6.07, 6.45) is 4.38. The normalized spacial score (nSPS) is 28.4. The largest absolute Gasteiger partial charge is 0.394 e. The Morgan fingerprint density at radius 2 is 2.42 bits per heavy atom. The first-order valence-corrected chi connectivity index (χ1v) is 7.80. The summed E-state index contributed by atoms with van der Waals surface area (Å²) in [4.78, 5) is -0.0708. The number of nitrogen functional groups attached to an aromatic ring is 1. The highest BCUT2D eigenvalue weighted by Gasteiger charge is 2.39. The molecule has 1 aliphatic rings. The summed E-state index contributed by atoms with van der Waals surface area (Å²) in [6, 6.07) is 0. The summed E-state index contributed by atoms with van der Waals surface area (Å²) in [6.45, 7) is 1.85. The Balaban J connectivity index is 2.25. The van der Waals surface area contributed by atoms with E-state index in [0.29, 0.717) is 18.8 Å². The smallest absolute Gasteiger partial charge is 0.246 e. The highest BCUT2D eigenvalue weighted by Crippen LogP contribution is 2.33. The minimum absolute atomic E-state index is 0.00412. The highest BCUT2D eigenvalue weighted by atomic mass is 32.2. The lowest BCUT2D eigenvalue weighted by molar-refractivity contribution is 0.120. The lowest BCUT2D eigenvalue weighted by Gasteiger charge is -2.38. The van der Waals surface area contributed by atoms with Crippen LogP contribution in [0, 0.1) is 5.92 Å². The maximum absolute atomic E-state index is 12.3. The summed E-state index contributed by atoms with van der Waals surface area (Å²) in [5.41, 5.74) is 4.75. The van der Waals surface area contributed by atoms with E-state index >= 15 is 0 Å². The summed E-state index contributed by atoms with van der Waals surface area (Å²) >= 11 is 0. The molecule has 1 aromatic heterocycles. The fourth-order valence-electron chi connectivity index (χ4n) is 2.77. The van der Waals surface area contributed by atoms with Gasteiger partial charge in [0.1, 0.15) is 10.7 Å². The molecule has 2 unspecified atom stereocenters. The van der Waals surface area contributed by atoms with E-state index in [2.05, 4.69) is 21.8 Å². The third kappa shape index (κ3) is 2.90. The van der Waals surface area contributed by atoms with Gasteiger partial charge in [-0.05, 0) is 18.8 Å². The van der Waals surface area contributed by atoms with Crippen LogP contribution in [0.25, 0.3) is 0 Å². The van der Waals surface area contributed by atoms with E-state index in [1.54, 1.807) is 0 Å². The van der Waals surface area contributed by atoms with Crippen molar-refractivity contribution in [3.05, 3.63) is 6.20 Å². The molecule has 1 heterocycles. The second-order valence-corrected chi connectivity index (χ2v) is 7.04. The van der Waals surface area contributed by atoms with E-state index < -0.39 is 15.6 Å². The number of aromatic nitrogens is 2. The van der Waals surface area contributed by atoms with Gasteiger partial charge in [-0.25, -0.2) is 13.1 Å². The van der Waals surface area contributed by atoms with Gasteiger partial charge in [0.2, 0.25) is 10.0 Å². The Morgan fingerprint density at radius 1 is 1.68 bits per heavy atom. The van der Waals surface area contributed by atoms with E-state index in [9.17, 15) is 13.5 Å². The van der Waals surface area contributed by atoms with E-state index in [1.807, 2.05) is 0 Å². The molecule has 0 aliphatic heterocycles. The quantitative estimate of drug-likeness (QED) is 0.631. The van der Waals surface area contributed by atoms with Crippen molar-refractivity contribution in [1.29, 1.82) is 0 Å². The van der Waals surface area contributed by atoms with Crippen molar-refractivity contribution in [1.82, 2.24) is 14.9 Å². The van der Waals surface area contributed by atoms with Crippen LogP contribution in [0.2, 0.25) is 0 Å². The number of nitrogens with two attached hydrogens (primary N) is 1. The van der Waals surface area contributed by atoms with Crippen LogP contribution in [0.15, 0.2) is 11.1 Å². The fraction of sp³-hybridized carbons (Fsp3) is 0.727. The maximum Gasteiger partial charge on any atom is 0.246 e. The van der Waals surface area contributed by atoms with Crippen molar-refractivity contribution in [3.63, 3.8) is 0 Å². The predicted molar refractivity (Wildman–Crippen MR) is 70.8 cm³/mol. The number of aliphatic hydroxyl groups is 1. The second kappa shape index (κ2) is 5.10. The Kier molecular flexibility index (Phi) is 3.84. The molecular weight excluding hydrogens is 268 g/mol. The van der Waals surface area contributed by atoms with Crippen LogP contribution in [0.4, 0.5) is 5.82 Å². The minimum Gasteiger partial charge on any atom is -0.394 e. The van der Waals surface area contributed by atoms with Gasteiger partial charge in [-0.3, -0.25) is 5.10 Å². The van der Waals surface area contributed by atoms with Crippen LogP contribution < -0.4 is 10.5 Å². The average molecular weight is 288 g/mol. The molecule has 8 heteroatoms. The molecule has 1 aliphatic carbocycles. The van der Waals surface area contributed by atoms with Gasteiger partial charge in [-0.1, -0.05) is 19.8 Å². The number of aliphatic hydroxyl groups excluding tert-OH is 1. The molecule has 1 fully saturated rings. The summed E-state index contributed by atoms with van der Waals surface area (Å²) in [5, 5.41) is 15.6. The summed E-state index contributed by atoms with van der Waals surface area (Å²) in [7, 11) is -3.77. The molecule has 0 spiro atoms. The van der Waals surface area contributed by atoms with Crippen molar-refractivity contribution in [2.24, 2.45) is 5.92 Å². The van der Waals surface area contributed by atoms with Gasteiger partial charge in [0.15, 0.2) is 0 Å². The summed E-state index contributed by atoms with van der Waals surface area (Å²) in [5.74, 6) is 0.384. The lowest BCUT2D eigenvalue weighted by atomic mass is 9.78. The van der Waals surface area contributed by atoms with Crippen LogP contribution >= 0.6 is 0 Å². The molecule has 2 atom stereocenters. The molecule has 0 saturated heterocycles. The number of nitrogens with one attached hydrogen (secondary N) is 2. The van der Waals surface area contributed by atoms with Crippen molar-refractivity contribution in [3.8, 4) is 0 Å². The Hall–Kier alpha value is -1.12. The molecule has 0 amide bonds. The van der Waals surface area contributed by atoms with Crippen LogP contribution in [-0.4, -0.2) is 35.9 Å².